The Morgan fingerprint density at radius 2 is 1.53 bits per heavy atom. The molecule has 0 saturated heterocycles. The van der Waals surface area contributed by atoms with Crippen molar-refractivity contribution in [1.82, 2.24) is 4.90 Å². The summed E-state index contributed by atoms with van der Waals surface area (Å²) in [5.74, 6) is -2.50. The summed E-state index contributed by atoms with van der Waals surface area (Å²) in [5, 5.41) is 13.5. The van der Waals surface area contributed by atoms with Crippen molar-refractivity contribution < 1.29 is 24.1 Å². The highest BCUT2D eigenvalue weighted by atomic mass is 16.6. The van der Waals surface area contributed by atoms with Crippen molar-refractivity contribution in [2.24, 2.45) is 0 Å². The van der Waals surface area contributed by atoms with Crippen molar-refractivity contribution in [2.75, 3.05) is 11.9 Å². The molecule has 3 amide bonds. The van der Waals surface area contributed by atoms with Gasteiger partial charge in [0.15, 0.2) is 5.78 Å². The molecule has 0 fully saturated rings. The van der Waals surface area contributed by atoms with E-state index < -0.39 is 29.2 Å². The fourth-order valence-corrected chi connectivity index (χ4v) is 3.40. The Hall–Kier alpha value is -4.66. The minimum absolute atomic E-state index is 0.00643. The summed E-state index contributed by atoms with van der Waals surface area (Å²) in [6.07, 6.45) is 0. The summed E-state index contributed by atoms with van der Waals surface area (Å²) < 4.78 is 0. The van der Waals surface area contributed by atoms with Crippen molar-refractivity contribution in [2.45, 2.75) is 0 Å². The van der Waals surface area contributed by atoms with E-state index in [-0.39, 0.29) is 33.8 Å². The Morgan fingerprint density at radius 3 is 2.25 bits per heavy atom. The molecule has 4 rings (SSSR count). The van der Waals surface area contributed by atoms with Crippen LogP contribution in [0.4, 0.5) is 11.4 Å². The summed E-state index contributed by atoms with van der Waals surface area (Å²) in [6.45, 7) is -0.603. The quantitative estimate of drug-likeness (QED) is 0.278. The van der Waals surface area contributed by atoms with Crippen LogP contribution < -0.4 is 5.32 Å². The molecule has 32 heavy (non-hydrogen) atoms. The van der Waals surface area contributed by atoms with E-state index >= 15 is 0 Å². The van der Waals surface area contributed by atoms with Crippen LogP contribution in [0.3, 0.4) is 0 Å². The molecule has 0 unspecified atom stereocenters. The zero-order valence-corrected chi connectivity index (χ0v) is 16.5. The highest BCUT2D eigenvalue weighted by Gasteiger charge is 2.37. The lowest BCUT2D eigenvalue weighted by atomic mass is 10.0. The molecule has 3 aromatic rings. The van der Waals surface area contributed by atoms with Gasteiger partial charge in [-0.3, -0.25) is 34.2 Å². The van der Waals surface area contributed by atoms with Gasteiger partial charge in [0.25, 0.3) is 17.5 Å². The molecule has 3 aromatic carbocycles. The van der Waals surface area contributed by atoms with Crippen LogP contribution in [-0.4, -0.2) is 39.9 Å². The van der Waals surface area contributed by atoms with Crippen molar-refractivity contribution >= 4 is 34.9 Å². The van der Waals surface area contributed by atoms with E-state index in [1.165, 1.54) is 6.07 Å². The average molecular weight is 429 g/mol. The third-order valence-electron chi connectivity index (χ3n) is 4.95. The minimum Gasteiger partial charge on any atom is -0.324 e. The van der Waals surface area contributed by atoms with E-state index in [0.717, 1.165) is 12.1 Å². The zero-order valence-electron chi connectivity index (χ0n) is 16.5. The van der Waals surface area contributed by atoms with Gasteiger partial charge in [0.1, 0.15) is 6.54 Å². The number of hydrogen-bond acceptors (Lipinski definition) is 6. The van der Waals surface area contributed by atoms with E-state index in [1.807, 2.05) is 0 Å². The summed E-state index contributed by atoms with van der Waals surface area (Å²) >= 11 is 0. The van der Waals surface area contributed by atoms with Crippen molar-refractivity contribution in [1.29, 1.82) is 0 Å². The largest absolute Gasteiger partial charge is 0.324 e. The number of imide groups is 1. The van der Waals surface area contributed by atoms with Gasteiger partial charge in [0.05, 0.1) is 21.7 Å². The average Bonchev–Trinajstić information content (AvgIpc) is 3.03. The van der Waals surface area contributed by atoms with E-state index in [0.29, 0.717) is 10.5 Å². The smallest absolute Gasteiger partial charge is 0.270 e. The van der Waals surface area contributed by atoms with Crippen molar-refractivity contribution in [3.05, 3.63) is 105 Å². The lowest BCUT2D eigenvalue weighted by Gasteiger charge is -2.15. The number of amides is 3. The Morgan fingerprint density at radius 1 is 0.875 bits per heavy atom. The maximum absolute atomic E-state index is 12.8. The van der Waals surface area contributed by atoms with Crippen LogP contribution >= 0.6 is 0 Å². The number of anilines is 1. The predicted molar refractivity (Wildman–Crippen MR) is 113 cm³/mol. The second-order valence-corrected chi connectivity index (χ2v) is 6.97. The maximum atomic E-state index is 12.8. The first-order valence-corrected chi connectivity index (χ1v) is 9.50. The molecule has 0 aliphatic carbocycles. The number of nitro groups is 1. The Labute approximate surface area is 181 Å². The lowest BCUT2D eigenvalue weighted by molar-refractivity contribution is -0.384. The molecule has 0 atom stereocenters. The Bertz CT molecular complexity index is 1290. The summed E-state index contributed by atoms with van der Waals surface area (Å²) in [7, 11) is 0. The van der Waals surface area contributed by atoms with E-state index in [4.69, 9.17) is 0 Å². The van der Waals surface area contributed by atoms with Gasteiger partial charge in [-0.05, 0) is 18.2 Å². The molecular formula is C23H15N3O6. The molecule has 9 nitrogen and oxygen atoms in total. The first-order valence-electron chi connectivity index (χ1n) is 9.50. The number of ketones is 1. The zero-order chi connectivity index (χ0) is 22.8. The van der Waals surface area contributed by atoms with Crippen LogP contribution in [0.1, 0.15) is 36.6 Å². The highest BCUT2D eigenvalue weighted by Crippen LogP contribution is 2.27. The number of rotatable bonds is 6. The third kappa shape index (κ3) is 3.74. The fourth-order valence-electron chi connectivity index (χ4n) is 3.40. The van der Waals surface area contributed by atoms with Crippen LogP contribution in [0, 0.1) is 10.1 Å². The molecule has 158 valence electrons. The van der Waals surface area contributed by atoms with Gasteiger partial charge < -0.3 is 5.32 Å². The number of nitrogens with zero attached hydrogens (tertiary/aromatic N) is 2. The molecule has 0 spiro atoms. The number of fused-ring (bicyclic) bond motifs is 1. The van der Waals surface area contributed by atoms with Crippen molar-refractivity contribution in [3.8, 4) is 0 Å². The van der Waals surface area contributed by atoms with Gasteiger partial charge >= 0.3 is 0 Å². The molecule has 1 aliphatic rings. The number of nitrogens with one attached hydrogen (secondary N) is 1. The fraction of sp³-hybridized carbons (Fsp3) is 0.0435. The molecule has 1 N–H and O–H groups in total. The van der Waals surface area contributed by atoms with Gasteiger partial charge in [-0.1, -0.05) is 42.5 Å². The second kappa shape index (κ2) is 8.23. The minimum atomic E-state index is -0.794. The van der Waals surface area contributed by atoms with Crippen LogP contribution in [-0.2, 0) is 4.79 Å². The van der Waals surface area contributed by atoms with E-state index in [1.54, 1.807) is 54.6 Å². The summed E-state index contributed by atoms with van der Waals surface area (Å²) in [6, 6.07) is 18.3. The number of nitro benzene ring substituents is 1. The van der Waals surface area contributed by atoms with Crippen LogP contribution in [0.25, 0.3) is 0 Å². The Kier molecular flexibility index (Phi) is 5.30. The molecule has 9 heteroatoms. The SMILES string of the molecule is O=C(CN1C(=O)c2ccc([N+](=O)[O-])cc2C1=O)Nc1ccccc1C(=O)c1ccccc1. The first kappa shape index (κ1) is 20.6. The number of non-ortho nitro benzene ring substituents is 1. The van der Waals surface area contributed by atoms with E-state index in [9.17, 15) is 29.3 Å². The predicted octanol–water partition coefficient (Wildman–Crippen LogP) is 3.06. The number of carbonyl (C=O) groups is 4. The normalized spacial score (nSPS) is 12.4. The first-order chi connectivity index (χ1) is 15.4. The highest BCUT2D eigenvalue weighted by molar-refractivity contribution is 6.23. The molecular weight excluding hydrogens is 414 g/mol. The number of carbonyl (C=O) groups excluding carboxylic acids is 4. The number of hydrogen-bond donors (Lipinski definition) is 1. The molecule has 0 bridgehead atoms. The van der Waals surface area contributed by atoms with Crippen LogP contribution in [0.15, 0.2) is 72.8 Å². The Balaban J connectivity index is 1.53. The molecule has 1 heterocycles. The van der Waals surface area contributed by atoms with E-state index in [2.05, 4.69) is 5.32 Å². The second-order valence-electron chi connectivity index (χ2n) is 6.97. The molecule has 0 radical (unpaired) electrons. The summed E-state index contributed by atoms with van der Waals surface area (Å²) in [5.41, 5.74) is 0.467. The third-order valence-corrected chi connectivity index (χ3v) is 4.95. The van der Waals surface area contributed by atoms with Gasteiger partial charge in [0.2, 0.25) is 5.91 Å². The van der Waals surface area contributed by atoms with Crippen molar-refractivity contribution in [3.63, 3.8) is 0 Å². The number of benzene rings is 3. The van der Waals surface area contributed by atoms with Gasteiger partial charge in [-0.2, -0.15) is 0 Å². The standard InChI is InChI=1S/C23H15N3O6/c27-20(13-25-22(29)16-11-10-15(26(31)32)12-18(16)23(25)30)24-19-9-5-4-8-17(19)21(28)14-6-2-1-3-7-14/h1-12H,13H2,(H,24,27). The topological polar surface area (TPSA) is 127 Å². The molecule has 0 saturated carbocycles. The van der Waals surface area contributed by atoms with Gasteiger partial charge in [-0.15, -0.1) is 0 Å². The van der Waals surface area contributed by atoms with Crippen LogP contribution in [0.5, 0.6) is 0 Å². The number of para-hydroxylation sites is 1. The monoisotopic (exact) mass is 429 g/mol. The summed E-state index contributed by atoms with van der Waals surface area (Å²) in [4.78, 5) is 61.5. The maximum Gasteiger partial charge on any atom is 0.270 e. The van der Waals surface area contributed by atoms with Gasteiger partial charge in [0, 0.05) is 23.3 Å². The van der Waals surface area contributed by atoms with Crippen LogP contribution in [0.2, 0.25) is 0 Å². The molecule has 0 aromatic heterocycles. The lowest BCUT2D eigenvalue weighted by Crippen LogP contribution is -2.37. The van der Waals surface area contributed by atoms with Gasteiger partial charge in [-0.25, -0.2) is 0 Å². The molecule has 1 aliphatic heterocycles.